The van der Waals surface area contributed by atoms with Crippen LogP contribution in [0.2, 0.25) is 5.02 Å². The molecule has 5 aromatic rings. The largest absolute Gasteiger partial charge is 0.264 e. The maximum Gasteiger partial charge on any atom is 0.183 e. The molecule has 0 radical (unpaired) electrons. The number of hydrogen-bond acceptors (Lipinski definition) is 5. The van der Waals surface area contributed by atoms with Crippen LogP contribution in [0.1, 0.15) is 0 Å². The van der Waals surface area contributed by atoms with Crippen LogP contribution in [-0.2, 0) is 0 Å². The molecule has 0 amide bonds. The zero-order chi connectivity index (χ0) is 16.8. The van der Waals surface area contributed by atoms with E-state index < -0.39 is 0 Å². The molecule has 8 heteroatoms. The van der Waals surface area contributed by atoms with Crippen LogP contribution in [-0.4, -0.2) is 34.3 Å². The highest BCUT2D eigenvalue weighted by atomic mass is 35.5. The van der Waals surface area contributed by atoms with Crippen molar-refractivity contribution in [1.29, 1.82) is 0 Å². The van der Waals surface area contributed by atoms with Crippen LogP contribution in [0.25, 0.3) is 33.8 Å². The van der Waals surface area contributed by atoms with E-state index in [1.165, 1.54) is 0 Å². The zero-order valence-corrected chi connectivity index (χ0v) is 13.5. The SMILES string of the molecule is Clc1ccccc1-n1ncc2c1ncn1nc(-c3cccnc3)nc21. The number of fused-ring (bicyclic) bond motifs is 3. The van der Waals surface area contributed by atoms with Crippen LogP contribution >= 0.6 is 11.6 Å². The number of para-hydroxylation sites is 1. The van der Waals surface area contributed by atoms with E-state index in [-0.39, 0.29) is 0 Å². The van der Waals surface area contributed by atoms with E-state index in [2.05, 4.69) is 25.1 Å². The lowest BCUT2D eigenvalue weighted by Crippen LogP contribution is -1.99. The summed E-state index contributed by atoms with van der Waals surface area (Å²) < 4.78 is 3.35. The minimum atomic E-state index is 0.591. The van der Waals surface area contributed by atoms with E-state index in [1.807, 2.05) is 36.4 Å². The van der Waals surface area contributed by atoms with Gasteiger partial charge in [0.2, 0.25) is 0 Å². The molecule has 0 saturated carbocycles. The van der Waals surface area contributed by atoms with Gasteiger partial charge in [-0.25, -0.2) is 19.2 Å². The molecule has 0 saturated heterocycles. The minimum absolute atomic E-state index is 0.591. The Morgan fingerprint density at radius 3 is 2.72 bits per heavy atom. The second-order valence-corrected chi connectivity index (χ2v) is 5.84. The summed E-state index contributed by atoms with van der Waals surface area (Å²) in [7, 11) is 0. The van der Waals surface area contributed by atoms with Crippen LogP contribution in [0, 0.1) is 0 Å². The summed E-state index contributed by atoms with van der Waals surface area (Å²) in [4.78, 5) is 13.2. The van der Waals surface area contributed by atoms with E-state index >= 15 is 0 Å². The Morgan fingerprint density at radius 1 is 0.960 bits per heavy atom. The summed E-state index contributed by atoms with van der Waals surface area (Å²) in [6.45, 7) is 0. The molecule has 0 aliphatic rings. The Bertz CT molecular complexity index is 1210. The molecule has 0 atom stereocenters. The predicted octanol–water partition coefficient (Wildman–Crippen LogP) is 3.18. The molecule has 4 heterocycles. The minimum Gasteiger partial charge on any atom is -0.264 e. The average Bonchev–Trinajstić information content (AvgIpc) is 3.26. The summed E-state index contributed by atoms with van der Waals surface area (Å²) in [5.74, 6) is 0.591. The van der Waals surface area contributed by atoms with Gasteiger partial charge < -0.3 is 0 Å². The maximum atomic E-state index is 6.29. The topological polar surface area (TPSA) is 73.8 Å². The fourth-order valence-corrected chi connectivity index (χ4v) is 2.95. The Balaban J connectivity index is 1.74. The molecule has 7 nitrogen and oxygen atoms in total. The van der Waals surface area contributed by atoms with E-state index in [1.54, 1.807) is 34.1 Å². The van der Waals surface area contributed by atoms with Crippen molar-refractivity contribution in [3.63, 3.8) is 0 Å². The number of halogens is 1. The molecular formula is C17H10ClN7. The van der Waals surface area contributed by atoms with Crippen molar-refractivity contribution in [2.24, 2.45) is 0 Å². The Labute approximate surface area is 146 Å². The van der Waals surface area contributed by atoms with Gasteiger partial charge in [0.05, 0.1) is 22.3 Å². The lowest BCUT2D eigenvalue weighted by Gasteiger charge is -2.04. The maximum absolute atomic E-state index is 6.29. The third kappa shape index (κ3) is 2.17. The highest BCUT2D eigenvalue weighted by molar-refractivity contribution is 6.32. The quantitative estimate of drug-likeness (QED) is 0.490. The first-order valence-corrected chi connectivity index (χ1v) is 7.93. The summed E-state index contributed by atoms with van der Waals surface area (Å²) in [5, 5.41) is 10.3. The lowest BCUT2D eigenvalue weighted by atomic mass is 10.3. The Morgan fingerprint density at radius 2 is 1.88 bits per heavy atom. The molecule has 25 heavy (non-hydrogen) atoms. The van der Waals surface area contributed by atoms with Crippen LogP contribution in [0.5, 0.6) is 0 Å². The molecule has 0 N–H and O–H groups in total. The molecule has 0 aliphatic carbocycles. The lowest BCUT2D eigenvalue weighted by molar-refractivity contribution is 0.883. The van der Waals surface area contributed by atoms with Gasteiger partial charge in [-0.3, -0.25) is 4.98 Å². The molecule has 120 valence electrons. The van der Waals surface area contributed by atoms with Crippen molar-refractivity contribution >= 4 is 28.3 Å². The van der Waals surface area contributed by atoms with Crippen LogP contribution in [0.15, 0.2) is 61.3 Å². The van der Waals surface area contributed by atoms with Crippen molar-refractivity contribution in [1.82, 2.24) is 34.3 Å². The van der Waals surface area contributed by atoms with Gasteiger partial charge in [0, 0.05) is 18.0 Å². The van der Waals surface area contributed by atoms with Crippen LogP contribution in [0.3, 0.4) is 0 Å². The molecular weight excluding hydrogens is 338 g/mol. The van der Waals surface area contributed by atoms with Gasteiger partial charge in [0.25, 0.3) is 0 Å². The molecule has 0 unspecified atom stereocenters. The molecule has 0 aliphatic heterocycles. The summed E-state index contributed by atoms with van der Waals surface area (Å²) in [6, 6.07) is 11.3. The number of nitrogens with zero attached hydrogens (tertiary/aromatic N) is 7. The summed E-state index contributed by atoms with van der Waals surface area (Å²) >= 11 is 6.29. The van der Waals surface area contributed by atoms with Gasteiger partial charge in [0.1, 0.15) is 6.33 Å². The monoisotopic (exact) mass is 347 g/mol. The van der Waals surface area contributed by atoms with Gasteiger partial charge in [-0.2, -0.15) is 5.10 Å². The Hall–Kier alpha value is -3.32. The van der Waals surface area contributed by atoms with E-state index in [4.69, 9.17) is 11.6 Å². The van der Waals surface area contributed by atoms with Crippen LogP contribution in [0.4, 0.5) is 0 Å². The zero-order valence-electron chi connectivity index (χ0n) is 12.8. The fraction of sp³-hybridized carbons (Fsp3) is 0. The van der Waals surface area contributed by atoms with Crippen molar-refractivity contribution < 1.29 is 0 Å². The number of benzene rings is 1. The average molecular weight is 348 g/mol. The van der Waals surface area contributed by atoms with E-state index in [9.17, 15) is 0 Å². The number of rotatable bonds is 2. The second kappa shape index (κ2) is 5.35. The Kier molecular flexibility index (Phi) is 3.01. The normalized spacial score (nSPS) is 11.4. The number of aromatic nitrogens is 7. The summed E-state index contributed by atoms with van der Waals surface area (Å²) in [6.07, 6.45) is 6.79. The molecule has 4 aromatic heterocycles. The van der Waals surface area contributed by atoms with E-state index in [0.29, 0.717) is 22.1 Å². The molecule has 0 spiro atoms. The molecule has 1 aromatic carbocycles. The third-order valence-corrected chi connectivity index (χ3v) is 4.23. The third-order valence-electron chi connectivity index (χ3n) is 3.91. The van der Waals surface area contributed by atoms with Gasteiger partial charge >= 0.3 is 0 Å². The molecule has 0 bridgehead atoms. The molecule has 5 rings (SSSR count). The van der Waals surface area contributed by atoms with Gasteiger partial charge in [0.15, 0.2) is 17.1 Å². The highest BCUT2D eigenvalue weighted by Crippen LogP contribution is 2.25. The second-order valence-electron chi connectivity index (χ2n) is 5.43. The number of hydrogen-bond donors (Lipinski definition) is 0. The number of pyridine rings is 1. The van der Waals surface area contributed by atoms with Crippen molar-refractivity contribution in [2.75, 3.05) is 0 Å². The molecule has 0 fully saturated rings. The first-order chi connectivity index (χ1) is 12.3. The van der Waals surface area contributed by atoms with E-state index in [0.717, 1.165) is 16.6 Å². The van der Waals surface area contributed by atoms with Crippen molar-refractivity contribution in [3.05, 3.63) is 66.3 Å². The van der Waals surface area contributed by atoms with Crippen molar-refractivity contribution in [2.45, 2.75) is 0 Å². The first kappa shape index (κ1) is 14.1. The van der Waals surface area contributed by atoms with Gasteiger partial charge in [-0.15, -0.1) is 5.10 Å². The standard InChI is InChI=1S/C17H10ClN7/c18-13-5-1-2-6-14(13)25-16-12(9-21-25)17-22-15(23-24(17)10-20-16)11-4-3-7-19-8-11/h1-10H. The van der Waals surface area contributed by atoms with Gasteiger partial charge in [-0.05, 0) is 24.3 Å². The van der Waals surface area contributed by atoms with Crippen molar-refractivity contribution in [3.8, 4) is 17.1 Å². The van der Waals surface area contributed by atoms with Gasteiger partial charge in [-0.1, -0.05) is 23.7 Å². The predicted molar refractivity (Wildman–Crippen MR) is 93.7 cm³/mol. The van der Waals surface area contributed by atoms with Crippen LogP contribution < -0.4 is 0 Å². The summed E-state index contributed by atoms with van der Waals surface area (Å²) in [5.41, 5.74) is 2.97. The first-order valence-electron chi connectivity index (χ1n) is 7.56. The smallest absolute Gasteiger partial charge is 0.183 e. The fourth-order valence-electron chi connectivity index (χ4n) is 2.74. The highest BCUT2D eigenvalue weighted by Gasteiger charge is 2.15.